The molecule has 0 aliphatic carbocycles. The highest BCUT2D eigenvalue weighted by atomic mass is 32.2. The van der Waals surface area contributed by atoms with E-state index in [9.17, 15) is 13.2 Å². The standard InChI is InChI=1S/C15H14N2O4S/c1-17-13-9-12(7-8-14(13)21-10-15(17)18)22(19,20)16-11-5-3-2-4-6-11/h2-9,16H,10H2,1H3. The number of sulfonamides is 1. The summed E-state index contributed by atoms with van der Waals surface area (Å²) in [7, 11) is -2.14. The molecular formula is C15H14N2O4S. The largest absolute Gasteiger partial charge is 0.482 e. The molecule has 6 nitrogen and oxygen atoms in total. The summed E-state index contributed by atoms with van der Waals surface area (Å²) in [5, 5.41) is 0. The van der Waals surface area contributed by atoms with Crippen molar-refractivity contribution < 1.29 is 17.9 Å². The lowest BCUT2D eigenvalue weighted by atomic mass is 10.2. The molecule has 0 aromatic heterocycles. The van der Waals surface area contributed by atoms with E-state index < -0.39 is 10.0 Å². The summed E-state index contributed by atoms with van der Waals surface area (Å²) in [5.74, 6) is 0.263. The molecule has 1 N–H and O–H groups in total. The van der Waals surface area contributed by atoms with Gasteiger partial charge >= 0.3 is 0 Å². The van der Waals surface area contributed by atoms with Crippen molar-refractivity contribution in [3.63, 3.8) is 0 Å². The van der Waals surface area contributed by atoms with Crippen LogP contribution >= 0.6 is 0 Å². The van der Waals surface area contributed by atoms with Gasteiger partial charge in [0.1, 0.15) is 5.75 Å². The Hall–Kier alpha value is -2.54. The van der Waals surface area contributed by atoms with Gasteiger partial charge in [-0.3, -0.25) is 9.52 Å². The molecule has 1 amide bonds. The average molecular weight is 318 g/mol. The first-order chi connectivity index (χ1) is 10.5. The third-order valence-corrected chi connectivity index (χ3v) is 4.73. The summed E-state index contributed by atoms with van der Waals surface area (Å²) in [6.07, 6.45) is 0. The van der Waals surface area contributed by atoms with Gasteiger partial charge in [0.05, 0.1) is 10.6 Å². The molecule has 3 rings (SSSR count). The lowest BCUT2D eigenvalue weighted by molar-refractivity contribution is -0.120. The second-order valence-electron chi connectivity index (χ2n) is 4.84. The number of nitrogens with one attached hydrogen (secondary N) is 1. The van der Waals surface area contributed by atoms with E-state index in [0.717, 1.165) is 0 Å². The molecule has 1 heterocycles. The number of hydrogen-bond acceptors (Lipinski definition) is 4. The summed E-state index contributed by atoms with van der Waals surface area (Å²) in [6, 6.07) is 13.0. The maximum absolute atomic E-state index is 12.4. The number of rotatable bonds is 3. The summed E-state index contributed by atoms with van der Waals surface area (Å²) in [6.45, 7) is -0.0438. The molecule has 0 unspecified atom stereocenters. The number of anilines is 2. The number of ether oxygens (including phenoxy) is 1. The molecular weight excluding hydrogens is 304 g/mol. The van der Waals surface area contributed by atoms with Crippen LogP contribution in [0.15, 0.2) is 53.4 Å². The van der Waals surface area contributed by atoms with Gasteiger partial charge in [-0.1, -0.05) is 18.2 Å². The third kappa shape index (κ3) is 2.62. The topological polar surface area (TPSA) is 75.7 Å². The van der Waals surface area contributed by atoms with Crippen molar-refractivity contribution in [2.45, 2.75) is 4.90 Å². The van der Waals surface area contributed by atoms with Gasteiger partial charge in [0, 0.05) is 12.7 Å². The predicted octanol–water partition coefficient (Wildman–Crippen LogP) is 1.84. The van der Waals surface area contributed by atoms with E-state index >= 15 is 0 Å². The Balaban J connectivity index is 1.97. The molecule has 0 bridgehead atoms. The van der Waals surface area contributed by atoms with Crippen LogP contribution in [0.2, 0.25) is 0 Å². The lowest BCUT2D eigenvalue weighted by Crippen LogP contribution is -2.35. The van der Waals surface area contributed by atoms with Crippen LogP contribution in [0, 0.1) is 0 Å². The van der Waals surface area contributed by atoms with E-state index in [1.165, 1.54) is 17.0 Å². The maximum atomic E-state index is 12.4. The minimum Gasteiger partial charge on any atom is -0.482 e. The lowest BCUT2D eigenvalue weighted by Gasteiger charge is -2.26. The van der Waals surface area contributed by atoms with E-state index in [1.807, 2.05) is 0 Å². The Labute approximate surface area is 128 Å². The quantitative estimate of drug-likeness (QED) is 0.937. The van der Waals surface area contributed by atoms with E-state index in [4.69, 9.17) is 4.74 Å². The highest BCUT2D eigenvalue weighted by molar-refractivity contribution is 7.92. The summed E-state index contributed by atoms with van der Waals surface area (Å²) in [4.78, 5) is 13.1. The average Bonchev–Trinajstić information content (AvgIpc) is 2.51. The second-order valence-corrected chi connectivity index (χ2v) is 6.52. The van der Waals surface area contributed by atoms with Crippen LogP contribution in [0.1, 0.15) is 0 Å². The summed E-state index contributed by atoms with van der Waals surface area (Å²) < 4.78 is 32.6. The fourth-order valence-electron chi connectivity index (χ4n) is 2.14. The minimum atomic E-state index is -3.73. The predicted molar refractivity (Wildman–Crippen MR) is 82.6 cm³/mol. The number of hydrogen-bond donors (Lipinski definition) is 1. The van der Waals surface area contributed by atoms with Gasteiger partial charge in [-0.2, -0.15) is 0 Å². The van der Waals surface area contributed by atoms with Crippen LogP contribution in [0.5, 0.6) is 5.75 Å². The van der Waals surface area contributed by atoms with Gasteiger partial charge in [0.2, 0.25) is 0 Å². The molecule has 0 radical (unpaired) electrons. The molecule has 2 aromatic carbocycles. The zero-order valence-corrected chi connectivity index (χ0v) is 12.6. The van der Waals surface area contributed by atoms with Gasteiger partial charge < -0.3 is 9.64 Å². The first-order valence-electron chi connectivity index (χ1n) is 6.59. The molecule has 0 fully saturated rings. The highest BCUT2D eigenvalue weighted by Gasteiger charge is 2.25. The van der Waals surface area contributed by atoms with E-state index in [1.54, 1.807) is 43.4 Å². The van der Waals surface area contributed by atoms with Crippen molar-refractivity contribution in [1.82, 2.24) is 0 Å². The highest BCUT2D eigenvalue weighted by Crippen LogP contribution is 2.33. The van der Waals surface area contributed by atoms with Crippen molar-refractivity contribution in [3.05, 3.63) is 48.5 Å². The van der Waals surface area contributed by atoms with Crippen LogP contribution in [0.4, 0.5) is 11.4 Å². The third-order valence-electron chi connectivity index (χ3n) is 3.35. The van der Waals surface area contributed by atoms with Crippen LogP contribution in [0.25, 0.3) is 0 Å². The number of carbonyl (C=O) groups excluding carboxylic acids is 1. The van der Waals surface area contributed by atoms with Gasteiger partial charge in [0.25, 0.3) is 15.9 Å². The molecule has 0 spiro atoms. The fraction of sp³-hybridized carbons (Fsp3) is 0.133. The SMILES string of the molecule is CN1C(=O)COc2ccc(S(=O)(=O)Nc3ccccc3)cc21. The van der Waals surface area contributed by atoms with Crippen molar-refractivity contribution in [1.29, 1.82) is 0 Å². The fourth-order valence-corrected chi connectivity index (χ4v) is 3.22. The van der Waals surface area contributed by atoms with Gasteiger partial charge in [-0.25, -0.2) is 8.42 Å². The van der Waals surface area contributed by atoms with E-state index in [-0.39, 0.29) is 17.4 Å². The Morgan fingerprint density at radius 3 is 2.59 bits per heavy atom. The summed E-state index contributed by atoms with van der Waals surface area (Å²) >= 11 is 0. The second kappa shape index (κ2) is 5.34. The Morgan fingerprint density at radius 1 is 1.14 bits per heavy atom. The molecule has 0 saturated carbocycles. The van der Waals surface area contributed by atoms with Crippen LogP contribution in [-0.2, 0) is 14.8 Å². The zero-order chi connectivity index (χ0) is 15.7. The van der Waals surface area contributed by atoms with Gasteiger partial charge in [-0.15, -0.1) is 0 Å². The van der Waals surface area contributed by atoms with Crippen molar-refractivity contribution in [2.24, 2.45) is 0 Å². The van der Waals surface area contributed by atoms with Gasteiger partial charge in [-0.05, 0) is 30.3 Å². The Kier molecular flexibility index (Phi) is 3.50. The molecule has 1 aliphatic rings. The molecule has 1 aliphatic heterocycles. The first kappa shape index (κ1) is 14.4. The minimum absolute atomic E-state index is 0.0438. The molecule has 114 valence electrons. The normalized spacial score (nSPS) is 14.2. The number of amides is 1. The van der Waals surface area contributed by atoms with Crippen LogP contribution in [0.3, 0.4) is 0 Å². The van der Waals surface area contributed by atoms with Crippen molar-refractivity contribution in [2.75, 3.05) is 23.3 Å². The van der Waals surface area contributed by atoms with Crippen molar-refractivity contribution >= 4 is 27.3 Å². The van der Waals surface area contributed by atoms with Crippen LogP contribution in [-0.4, -0.2) is 28.0 Å². The number of carbonyl (C=O) groups is 1. The number of nitrogens with zero attached hydrogens (tertiary/aromatic N) is 1. The number of likely N-dealkylation sites (N-methyl/N-ethyl adjacent to an activating group) is 1. The Morgan fingerprint density at radius 2 is 1.86 bits per heavy atom. The maximum Gasteiger partial charge on any atom is 0.264 e. The molecule has 7 heteroatoms. The smallest absolute Gasteiger partial charge is 0.264 e. The number of fused-ring (bicyclic) bond motifs is 1. The molecule has 2 aromatic rings. The number of benzene rings is 2. The van der Waals surface area contributed by atoms with Gasteiger partial charge in [0.15, 0.2) is 6.61 Å². The Bertz CT molecular complexity index is 819. The van der Waals surface area contributed by atoms with Crippen LogP contribution < -0.4 is 14.4 Å². The zero-order valence-electron chi connectivity index (χ0n) is 11.8. The van der Waals surface area contributed by atoms with E-state index in [0.29, 0.717) is 17.1 Å². The first-order valence-corrected chi connectivity index (χ1v) is 8.07. The monoisotopic (exact) mass is 318 g/mol. The molecule has 22 heavy (non-hydrogen) atoms. The number of para-hydroxylation sites is 1. The molecule has 0 saturated heterocycles. The van der Waals surface area contributed by atoms with E-state index in [2.05, 4.69) is 4.72 Å². The molecule has 0 atom stereocenters. The van der Waals surface area contributed by atoms with Crippen molar-refractivity contribution in [3.8, 4) is 5.75 Å². The summed E-state index contributed by atoms with van der Waals surface area (Å²) in [5.41, 5.74) is 0.910.